The van der Waals surface area contributed by atoms with Gasteiger partial charge in [0, 0.05) is 16.9 Å². The van der Waals surface area contributed by atoms with Crippen LogP contribution in [0, 0.1) is 0 Å². The van der Waals surface area contributed by atoms with Crippen LogP contribution in [0.4, 0.5) is 18.2 Å². The molecule has 40 heavy (non-hydrogen) atoms. The number of anilines is 1. The summed E-state index contributed by atoms with van der Waals surface area (Å²) in [4.78, 5) is 33.3. The Balaban J connectivity index is 1.51. The number of carbonyl (C=O) groups is 2. The summed E-state index contributed by atoms with van der Waals surface area (Å²) in [5, 5.41) is 2.02. The first-order valence-corrected chi connectivity index (χ1v) is 14.9. The van der Waals surface area contributed by atoms with E-state index in [4.69, 9.17) is 9.47 Å². The smallest absolute Gasteiger partial charge is 0.433 e. The number of hydrogen-bond acceptors (Lipinski definition) is 9. The molecule has 2 heterocycles. The molecule has 214 valence electrons. The number of aryl methyl sites for hydroxylation is 1. The van der Waals surface area contributed by atoms with Crippen molar-refractivity contribution in [3.63, 3.8) is 0 Å². The lowest BCUT2D eigenvalue weighted by atomic mass is 10.1. The van der Waals surface area contributed by atoms with Crippen LogP contribution in [0.15, 0.2) is 35.5 Å². The van der Waals surface area contributed by atoms with Gasteiger partial charge in [-0.2, -0.15) is 13.2 Å². The van der Waals surface area contributed by atoms with E-state index in [1.165, 1.54) is 30.6 Å². The Kier molecular flexibility index (Phi) is 8.78. The van der Waals surface area contributed by atoms with Crippen molar-refractivity contribution in [2.75, 3.05) is 24.8 Å². The Bertz CT molecular complexity index is 1540. The maximum atomic E-state index is 13.6. The molecule has 0 aliphatic heterocycles. The first-order chi connectivity index (χ1) is 18.9. The van der Waals surface area contributed by atoms with E-state index in [-0.39, 0.29) is 36.5 Å². The zero-order valence-corrected chi connectivity index (χ0v) is 23.3. The van der Waals surface area contributed by atoms with Crippen molar-refractivity contribution >= 4 is 38.1 Å². The summed E-state index contributed by atoms with van der Waals surface area (Å²) in [6, 6.07) is 6.77. The zero-order chi connectivity index (χ0) is 29.1. The molecule has 0 fully saturated rings. The zero-order valence-electron chi connectivity index (χ0n) is 21.6. The maximum absolute atomic E-state index is 13.6. The van der Waals surface area contributed by atoms with Crippen molar-refractivity contribution in [1.29, 1.82) is 0 Å². The molecule has 0 radical (unpaired) electrons. The van der Waals surface area contributed by atoms with Crippen LogP contribution in [0.5, 0.6) is 5.75 Å². The van der Waals surface area contributed by atoms with Gasteiger partial charge in [0.2, 0.25) is 20.9 Å². The van der Waals surface area contributed by atoms with Gasteiger partial charge >= 0.3 is 12.1 Å². The summed E-state index contributed by atoms with van der Waals surface area (Å²) < 4.78 is 77.1. The highest BCUT2D eigenvalue weighted by atomic mass is 32.2. The van der Waals surface area contributed by atoms with Gasteiger partial charge in [-0.25, -0.2) is 23.2 Å². The van der Waals surface area contributed by atoms with Crippen molar-refractivity contribution in [1.82, 2.24) is 9.97 Å². The van der Waals surface area contributed by atoms with Crippen LogP contribution in [-0.4, -0.2) is 49.7 Å². The number of para-hydroxylation sites is 1. The highest BCUT2D eigenvalue weighted by Gasteiger charge is 2.36. The fourth-order valence-electron chi connectivity index (χ4n) is 4.32. The number of nitrogens with one attached hydrogen (secondary N) is 1. The number of rotatable bonds is 10. The van der Waals surface area contributed by atoms with E-state index in [2.05, 4.69) is 15.3 Å². The highest BCUT2D eigenvalue weighted by Crippen LogP contribution is 2.40. The second-order valence-corrected chi connectivity index (χ2v) is 12.0. The van der Waals surface area contributed by atoms with E-state index in [1.807, 2.05) is 0 Å². The predicted molar refractivity (Wildman–Crippen MR) is 141 cm³/mol. The van der Waals surface area contributed by atoms with Crippen LogP contribution >= 0.6 is 11.3 Å². The molecule has 2 aromatic heterocycles. The molecule has 0 saturated heterocycles. The van der Waals surface area contributed by atoms with E-state index < -0.39 is 44.5 Å². The van der Waals surface area contributed by atoms with Crippen LogP contribution in [-0.2, 0) is 38.4 Å². The van der Waals surface area contributed by atoms with Crippen LogP contribution in [0.25, 0.3) is 11.3 Å². The van der Waals surface area contributed by atoms with E-state index >= 15 is 0 Å². The lowest BCUT2D eigenvalue weighted by molar-refractivity contribution is -0.141. The quantitative estimate of drug-likeness (QED) is 0.253. The molecule has 14 heteroatoms. The number of sulfone groups is 1. The van der Waals surface area contributed by atoms with Crippen LogP contribution in [0.1, 0.15) is 52.7 Å². The predicted octanol–water partition coefficient (Wildman–Crippen LogP) is 5.09. The monoisotopic (exact) mass is 597 g/mol. The Morgan fingerprint density at radius 2 is 1.90 bits per heavy atom. The fourth-order valence-corrected chi connectivity index (χ4v) is 6.79. The number of carbonyl (C=O) groups excluding carboxylic acids is 2. The number of amides is 1. The standard InChI is InChI=1S/C26H26F3N3O6S2/c1-3-38-24(34)22-16-9-6-11-19(16)39-23(22)32-21(33)12-7-13-40(35,36)25-30-17(14-20(31-25)26(27,28)29)15-8-4-5-10-18(15)37-2/h4-5,8,10,14H,3,6-7,9,11-13H2,1-2H3,(H,32,33). The molecule has 0 saturated carbocycles. The second kappa shape index (κ2) is 11.9. The number of aromatic nitrogens is 2. The number of hydrogen-bond donors (Lipinski definition) is 1. The van der Waals surface area contributed by atoms with Crippen LogP contribution in [0.3, 0.4) is 0 Å². The number of nitrogens with zero attached hydrogens (tertiary/aromatic N) is 2. The van der Waals surface area contributed by atoms with E-state index in [1.54, 1.807) is 19.1 Å². The van der Waals surface area contributed by atoms with Gasteiger partial charge in [-0.05, 0) is 56.4 Å². The number of benzene rings is 1. The van der Waals surface area contributed by atoms with Crippen LogP contribution < -0.4 is 10.1 Å². The van der Waals surface area contributed by atoms with Gasteiger partial charge in [0.05, 0.1) is 30.7 Å². The van der Waals surface area contributed by atoms with Gasteiger partial charge in [-0.1, -0.05) is 12.1 Å². The first kappa shape index (κ1) is 29.5. The molecule has 4 rings (SSSR count). The van der Waals surface area contributed by atoms with E-state index in [0.29, 0.717) is 23.1 Å². The molecule has 1 aliphatic rings. The summed E-state index contributed by atoms with van der Waals surface area (Å²) in [6.07, 6.45) is -3.02. The van der Waals surface area contributed by atoms with E-state index in [0.717, 1.165) is 23.3 Å². The summed E-state index contributed by atoms with van der Waals surface area (Å²) in [5.74, 6) is -1.54. The van der Waals surface area contributed by atoms with Gasteiger partial charge in [0.15, 0.2) is 0 Å². The van der Waals surface area contributed by atoms with Gasteiger partial charge in [-0.15, -0.1) is 11.3 Å². The molecule has 9 nitrogen and oxygen atoms in total. The Hall–Kier alpha value is -3.52. The van der Waals surface area contributed by atoms with Gasteiger partial charge in [-0.3, -0.25) is 4.79 Å². The number of halogens is 3. The summed E-state index contributed by atoms with van der Waals surface area (Å²) in [7, 11) is -3.08. The van der Waals surface area contributed by atoms with Crippen LogP contribution in [0.2, 0.25) is 0 Å². The van der Waals surface area contributed by atoms with Crippen molar-refractivity contribution in [3.8, 4) is 17.0 Å². The van der Waals surface area contributed by atoms with Crippen molar-refractivity contribution < 1.29 is 40.7 Å². The minimum Gasteiger partial charge on any atom is -0.496 e. The van der Waals surface area contributed by atoms with Crippen molar-refractivity contribution in [2.45, 2.75) is 50.4 Å². The summed E-state index contributed by atoms with van der Waals surface area (Å²) in [6.45, 7) is 1.85. The second-order valence-electron chi connectivity index (χ2n) is 8.87. The number of ether oxygens (including phenoxy) is 2. The number of esters is 1. The third-order valence-corrected chi connectivity index (χ3v) is 8.90. The third kappa shape index (κ3) is 6.44. The molecule has 0 spiro atoms. The molecule has 1 aliphatic carbocycles. The molecule has 0 bridgehead atoms. The average Bonchev–Trinajstić information content (AvgIpc) is 3.48. The van der Waals surface area contributed by atoms with E-state index in [9.17, 15) is 31.2 Å². The fraction of sp³-hybridized carbons (Fsp3) is 0.385. The van der Waals surface area contributed by atoms with Gasteiger partial charge in [0.1, 0.15) is 16.4 Å². The van der Waals surface area contributed by atoms with Crippen molar-refractivity contribution in [2.24, 2.45) is 0 Å². The van der Waals surface area contributed by atoms with Gasteiger partial charge < -0.3 is 14.8 Å². The molecular formula is C26H26F3N3O6S2. The molecular weight excluding hydrogens is 571 g/mol. The number of fused-ring (bicyclic) bond motifs is 1. The lowest BCUT2D eigenvalue weighted by Gasteiger charge is -2.13. The molecule has 1 N–H and O–H groups in total. The molecule has 0 atom stereocenters. The first-order valence-electron chi connectivity index (χ1n) is 12.4. The minimum atomic E-state index is -4.93. The van der Waals surface area contributed by atoms with Gasteiger partial charge in [0.25, 0.3) is 0 Å². The Morgan fingerprint density at radius 1 is 1.15 bits per heavy atom. The summed E-state index contributed by atoms with van der Waals surface area (Å²) in [5.41, 5.74) is -0.352. The largest absolute Gasteiger partial charge is 0.496 e. The lowest BCUT2D eigenvalue weighted by Crippen LogP contribution is -2.19. The molecule has 1 aromatic carbocycles. The summed E-state index contributed by atoms with van der Waals surface area (Å²) >= 11 is 1.29. The molecule has 1 amide bonds. The van der Waals surface area contributed by atoms with Crippen molar-refractivity contribution in [3.05, 3.63) is 52.0 Å². The Morgan fingerprint density at radius 3 is 2.60 bits per heavy atom. The average molecular weight is 598 g/mol. The Labute approximate surface area is 232 Å². The third-order valence-electron chi connectivity index (χ3n) is 6.13. The maximum Gasteiger partial charge on any atom is 0.433 e. The SMILES string of the molecule is CCOC(=O)c1c(NC(=O)CCCS(=O)(=O)c2nc(-c3ccccc3OC)cc(C(F)(F)F)n2)sc2c1CCC2. The normalized spacial score (nSPS) is 13.1. The highest BCUT2D eigenvalue weighted by molar-refractivity contribution is 7.91. The minimum absolute atomic E-state index is 0.161. The molecule has 0 unspecified atom stereocenters. The number of alkyl halides is 3. The topological polar surface area (TPSA) is 125 Å². The number of thiophene rings is 1. The number of methoxy groups -OCH3 is 1. The molecule has 3 aromatic rings.